The van der Waals surface area contributed by atoms with Gasteiger partial charge in [-0.05, 0) is 31.2 Å². The quantitative estimate of drug-likeness (QED) is 0.780. The summed E-state index contributed by atoms with van der Waals surface area (Å²) >= 11 is 0. The summed E-state index contributed by atoms with van der Waals surface area (Å²) < 4.78 is 5.33. The van der Waals surface area contributed by atoms with Crippen LogP contribution < -0.4 is 4.74 Å². The monoisotopic (exact) mass is 262 g/mol. The Morgan fingerprint density at radius 1 is 1.37 bits per heavy atom. The topological polar surface area (TPSA) is 56.5 Å². The molecular formula is C15H22N2O2. The van der Waals surface area contributed by atoms with E-state index in [-0.39, 0.29) is 6.61 Å². The van der Waals surface area contributed by atoms with E-state index in [2.05, 4.69) is 17.9 Å². The van der Waals surface area contributed by atoms with E-state index in [4.69, 9.17) is 15.1 Å². The largest absolute Gasteiger partial charge is 0.496 e. The highest BCUT2D eigenvalue weighted by Gasteiger charge is 2.10. The van der Waals surface area contributed by atoms with E-state index in [9.17, 15) is 0 Å². The molecule has 0 aliphatic rings. The first kappa shape index (κ1) is 15.5. The molecular weight excluding hydrogens is 240 g/mol. The highest BCUT2D eigenvalue weighted by molar-refractivity contribution is 5.42. The molecule has 0 bridgehead atoms. The van der Waals surface area contributed by atoms with Crippen LogP contribution in [-0.4, -0.2) is 36.8 Å². The van der Waals surface area contributed by atoms with E-state index in [1.165, 1.54) is 0 Å². The Bertz CT molecular complexity index is 427. The van der Waals surface area contributed by atoms with Crippen LogP contribution in [0.1, 0.15) is 30.9 Å². The van der Waals surface area contributed by atoms with Gasteiger partial charge in [-0.1, -0.05) is 13.3 Å². The van der Waals surface area contributed by atoms with Gasteiger partial charge in [0.1, 0.15) is 5.75 Å². The molecule has 1 rings (SSSR count). The van der Waals surface area contributed by atoms with E-state index in [1.807, 2.05) is 12.1 Å². The second kappa shape index (κ2) is 8.52. The zero-order chi connectivity index (χ0) is 14.1. The predicted octanol–water partition coefficient (Wildman–Crippen LogP) is 2.16. The Morgan fingerprint density at radius 3 is 2.74 bits per heavy atom. The van der Waals surface area contributed by atoms with Crippen LogP contribution in [0.2, 0.25) is 0 Å². The third-order valence-corrected chi connectivity index (χ3v) is 3.05. The average Bonchev–Trinajstić information content (AvgIpc) is 2.44. The van der Waals surface area contributed by atoms with Crippen LogP contribution in [0, 0.1) is 11.3 Å². The molecule has 0 spiro atoms. The molecule has 104 valence electrons. The van der Waals surface area contributed by atoms with Crippen LogP contribution in [0.4, 0.5) is 0 Å². The molecule has 0 amide bonds. The van der Waals surface area contributed by atoms with Gasteiger partial charge in [0, 0.05) is 18.7 Å². The average molecular weight is 262 g/mol. The van der Waals surface area contributed by atoms with Crippen molar-refractivity contribution < 1.29 is 9.84 Å². The Hall–Kier alpha value is -1.57. The van der Waals surface area contributed by atoms with Gasteiger partial charge in [0.25, 0.3) is 0 Å². The molecule has 0 aromatic heterocycles. The third-order valence-electron chi connectivity index (χ3n) is 3.05. The lowest BCUT2D eigenvalue weighted by molar-refractivity contribution is 0.187. The van der Waals surface area contributed by atoms with Gasteiger partial charge < -0.3 is 9.84 Å². The normalized spacial score (nSPS) is 10.5. The Balaban J connectivity index is 2.84. The molecule has 1 aromatic carbocycles. The summed E-state index contributed by atoms with van der Waals surface area (Å²) in [6.07, 6.45) is 2.22. The van der Waals surface area contributed by atoms with Gasteiger partial charge in [-0.25, -0.2) is 0 Å². The van der Waals surface area contributed by atoms with Gasteiger partial charge in [0.05, 0.1) is 25.3 Å². The van der Waals surface area contributed by atoms with Crippen molar-refractivity contribution >= 4 is 0 Å². The molecule has 0 saturated heterocycles. The first-order valence-corrected chi connectivity index (χ1v) is 6.65. The van der Waals surface area contributed by atoms with Crippen LogP contribution in [0.3, 0.4) is 0 Å². The minimum absolute atomic E-state index is 0.143. The second-order valence-corrected chi connectivity index (χ2v) is 4.49. The van der Waals surface area contributed by atoms with Crippen LogP contribution in [0.5, 0.6) is 5.75 Å². The Morgan fingerprint density at radius 2 is 2.16 bits per heavy atom. The maximum atomic E-state index is 9.12. The summed E-state index contributed by atoms with van der Waals surface area (Å²) in [6.45, 7) is 4.56. The number of unbranched alkanes of at least 4 members (excludes halogenated alkanes) is 1. The summed E-state index contributed by atoms with van der Waals surface area (Å²) in [7, 11) is 1.63. The highest BCUT2D eigenvalue weighted by atomic mass is 16.5. The van der Waals surface area contributed by atoms with Crippen molar-refractivity contribution in [3.05, 3.63) is 29.3 Å². The molecule has 0 fully saturated rings. The predicted molar refractivity (Wildman–Crippen MR) is 75.0 cm³/mol. The number of ether oxygens (including phenoxy) is 1. The number of aliphatic hydroxyl groups excluding tert-OH is 1. The van der Waals surface area contributed by atoms with Crippen molar-refractivity contribution in [2.45, 2.75) is 26.3 Å². The van der Waals surface area contributed by atoms with Crippen molar-refractivity contribution in [3.63, 3.8) is 0 Å². The number of methoxy groups -OCH3 is 1. The van der Waals surface area contributed by atoms with Crippen LogP contribution >= 0.6 is 0 Å². The zero-order valence-electron chi connectivity index (χ0n) is 11.7. The molecule has 0 saturated carbocycles. The summed E-state index contributed by atoms with van der Waals surface area (Å²) in [5.74, 6) is 0.790. The smallest absolute Gasteiger partial charge is 0.123 e. The first-order chi connectivity index (χ1) is 9.24. The standard InChI is InChI=1S/C15H22N2O2/c1-3-4-7-17(8-9-18)12-14-10-13(11-16)5-6-15(14)19-2/h5-6,10,18H,3-4,7-9,12H2,1-2H3. The second-order valence-electron chi connectivity index (χ2n) is 4.49. The number of hydrogen-bond donors (Lipinski definition) is 1. The number of nitrogens with zero attached hydrogens (tertiary/aromatic N) is 2. The Labute approximate surface area is 115 Å². The molecule has 0 aliphatic carbocycles. The molecule has 1 aromatic rings. The van der Waals surface area contributed by atoms with Gasteiger partial charge in [0.2, 0.25) is 0 Å². The van der Waals surface area contributed by atoms with E-state index < -0.39 is 0 Å². The van der Waals surface area contributed by atoms with E-state index >= 15 is 0 Å². The van der Waals surface area contributed by atoms with E-state index in [1.54, 1.807) is 13.2 Å². The highest BCUT2D eigenvalue weighted by Crippen LogP contribution is 2.21. The fourth-order valence-corrected chi connectivity index (χ4v) is 2.01. The van der Waals surface area contributed by atoms with Gasteiger partial charge in [-0.15, -0.1) is 0 Å². The van der Waals surface area contributed by atoms with Crippen molar-refractivity contribution in [3.8, 4) is 11.8 Å². The van der Waals surface area contributed by atoms with Crippen LogP contribution in [0.15, 0.2) is 18.2 Å². The van der Waals surface area contributed by atoms with Crippen molar-refractivity contribution in [2.24, 2.45) is 0 Å². The molecule has 4 nitrogen and oxygen atoms in total. The SMILES string of the molecule is CCCCN(CCO)Cc1cc(C#N)ccc1OC. The molecule has 0 radical (unpaired) electrons. The third kappa shape index (κ3) is 4.90. The Kier molecular flexibility index (Phi) is 6.94. The maximum Gasteiger partial charge on any atom is 0.123 e. The van der Waals surface area contributed by atoms with E-state index in [0.717, 1.165) is 30.7 Å². The first-order valence-electron chi connectivity index (χ1n) is 6.65. The summed E-state index contributed by atoms with van der Waals surface area (Å²) in [5.41, 5.74) is 1.63. The van der Waals surface area contributed by atoms with Crippen molar-refractivity contribution in [2.75, 3.05) is 26.8 Å². The van der Waals surface area contributed by atoms with Crippen LogP contribution in [-0.2, 0) is 6.54 Å². The summed E-state index contributed by atoms with van der Waals surface area (Å²) in [6, 6.07) is 7.58. The van der Waals surface area contributed by atoms with Gasteiger partial charge in [0.15, 0.2) is 0 Å². The molecule has 1 N–H and O–H groups in total. The fraction of sp³-hybridized carbons (Fsp3) is 0.533. The lowest BCUT2D eigenvalue weighted by atomic mass is 10.1. The van der Waals surface area contributed by atoms with E-state index in [0.29, 0.717) is 18.7 Å². The molecule has 19 heavy (non-hydrogen) atoms. The molecule has 0 aliphatic heterocycles. The lowest BCUT2D eigenvalue weighted by Crippen LogP contribution is -2.27. The van der Waals surface area contributed by atoms with Crippen LogP contribution in [0.25, 0.3) is 0 Å². The molecule has 0 atom stereocenters. The number of nitriles is 1. The van der Waals surface area contributed by atoms with Crippen molar-refractivity contribution in [1.82, 2.24) is 4.90 Å². The minimum Gasteiger partial charge on any atom is -0.496 e. The molecule has 4 heteroatoms. The number of benzene rings is 1. The minimum atomic E-state index is 0.143. The number of rotatable bonds is 8. The van der Waals surface area contributed by atoms with Gasteiger partial charge >= 0.3 is 0 Å². The zero-order valence-corrected chi connectivity index (χ0v) is 11.7. The molecule has 0 unspecified atom stereocenters. The fourth-order valence-electron chi connectivity index (χ4n) is 2.01. The van der Waals surface area contributed by atoms with Gasteiger partial charge in [-0.3, -0.25) is 4.90 Å². The number of hydrogen-bond acceptors (Lipinski definition) is 4. The van der Waals surface area contributed by atoms with Crippen molar-refractivity contribution in [1.29, 1.82) is 5.26 Å². The molecule has 0 heterocycles. The maximum absolute atomic E-state index is 9.12. The number of aliphatic hydroxyl groups is 1. The summed E-state index contributed by atoms with van der Waals surface area (Å²) in [5, 5.41) is 18.1. The summed E-state index contributed by atoms with van der Waals surface area (Å²) in [4.78, 5) is 2.18. The van der Waals surface area contributed by atoms with Gasteiger partial charge in [-0.2, -0.15) is 5.26 Å². The lowest BCUT2D eigenvalue weighted by Gasteiger charge is -2.22.